The zero-order chi connectivity index (χ0) is 13.9. The van der Waals surface area contributed by atoms with E-state index in [-0.39, 0.29) is 13.2 Å². The summed E-state index contributed by atoms with van der Waals surface area (Å²) in [5.41, 5.74) is 0.892. The van der Waals surface area contributed by atoms with Gasteiger partial charge in [-0.2, -0.15) is 0 Å². The number of carbonyl (C=O) groups excluding carboxylic acids is 2. The molecule has 5 heteroatoms. The Morgan fingerprint density at radius 1 is 1.16 bits per heavy atom. The highest BCUT2D eigenvalue weighted by molar-refractivity contribution is 5.77. The van der Waals surface area contributed by atoms with E-state index in [9.17, 15) is 9.59 Å². The zero-order valence-electron chi connectivity index (χ0n) is 11.1. The predicted molar refractivity (Wildman–Crippen MR) is 70.5 cm³/mol. The van der Waals surface area contributed by atoms with Gasteiger partial charge in [-0.25, -0.2) is 4.79 Å². The van der Waals surface area contributed by atoms with Crippen molar-refractivity contribution in [3.8, 4) is 0 Å². The first-order valence-corrected chi connectivity index (χ1v) is 6.32. The summed E-state index contributed by atoms with van der Waals surface area (Å²) in [7, 11) is 0. The van der Waals surface area contributed by atoms with Crippen molar-refractivity contribution >= 4 is 12.1 Å². The Bertz CT molecular complexity index is 392. The maximum Gasteiger partial charge on any atom is 0.407 e. The van der Waals surface area contributed by atoms with Gasteiger partial charge in [0.25, 0.3) is 0 Å². The van der Waals surface area contributed by atoms with E-state index in [0.29, 0.717) is 6.61 Å². The van der Waals surface area contributed by atoms with Crippen LogP contribution in [0.2, 0.25) is 0 Å². The standard InChI is InChI=1S/C14H19NO4/c1-2-3-9-18-13(16)10-15-14(17)19-11-12-7-5-4-6-8-12/h4-8H,2-3,9-11H2,1H3,(H,15,17). The number of rotatable bonds is 7. The number of hydrogen-bond donors (Lipinski definition) is 1. The molecular weight excluding hydrogens is 246 g/mol. The van der Waals surface area contributed by atoms with E-state index in [1.165, 1.54) is 0 Å². The summed E-state index contributed by atoms with van der Waals surface area (Å²) in [5.74, 6) is -0.454. The number of alkyl carbamates (subject to hydrolysis) is 1. The van der Waals surface area contributed by atoms with Crippen LogP contribution in [0.3, 0.4) is 0 Å². The van der Waals surface area contributed by atoms with Crippen molar-refractivity contribution in [1.82, 2.24) is 5.32 Å². The van der Waals surface area contributed by atoms with Gasteiger partial charge in [-0.05, 0) is 12.0 Å². The summed E-state index contributed by atoms with van der Waals surface area (Å²) < 4.78 is 9.83. The third-order valence-corrected chi connectivity index (χ3v) is 2.35. The third kappa shape index (κ3) is 7.08. The molecule has 1 aromatic rings. The Hall–Kier alpha value is -2.04. The smallest absolute Gasteiger partial charge is 0.407 e. The van der Waals surface area contributed by atoms with Gasteiger partial charge in [0, 0.05) is 0 Å². The molecule has 0 unspecified atom stereocenters. The molecular formula is C14H19NO4. The highest BCUT2D eigenvalue weighted by Gasteiger charge is 2.07. The molecule has 19 heavy (non-hydrogen) atoms. The Labute approximate surface area is 112 Å². The van der Waals surface area contributed by atoms with Crippen molar-refractivity contribution in [3.63, 3.8) is 0 Å². The highest BCUT2D eigenvalue weighted by atomic mass is 16.6. The first kappa shape index (κ1) is 15.0. The Balaban J connectivity index is 2.12. The van der Waals surface area contributed by atoms with Crippen LogP contribution < -0.4 is 5.32 Å². The minimum absolute atomic E-state index is 0.169. The molecule has 0 aliphatic heterocycles. The molecule has 0 saturated carbocycles. The van der Waals surface area contributed by atoms with E-state index in [4.69, 9.17) is 9.47 Å². The van der Waals surface area contributed by atoms with E-state index in [2.05, 4.69) is 5.32 Å². The molecule has 0 aromatic heterocycles. The van der Waals surface area contributed by atoms with Crippen LogP contribution in [0.25, 0.3) is 0 Å². The van der Waals surface area contributed by atoms with Gasteiger partial charge in [0.1, 0.15) is 13.2 Å². The lowest BCUT2D eigenvalue weighted by Crippen LogP contribution is -2.31. The number of hydrogen-bond acceptors (Lipinski definition) is 4. The van der Waals surface area contributed by atoms with Gasteiger partial charge in [-0.15, -0.1) is 0 Å². The molecule has 0 spiro atoms. The minimum atomic E-state index is -0.628. The Morgan fingerprint density at radius 2 is 1.89 bits per heavy atom. The number of esters is 1. The van der Waals surface area contributed by atoms with Crippen molar-refractivity contribution in [2.75, 3.05) is 13.2 Å². The first-order chi connectivity index (χ1) is 9.22. The number of unbranched alkanes of at least 4 members (excludes halogenated alkanes) is 1. The molecule has 1 aromatic carbocycles. The summed E-state index contributed by atoms with van der Waals surface area (Å²) in [6.45, 7) is 2.40. The van der Waals surface area contributed by atoms with Crippen LogP contribution in [0.4, 0.5) is 4.79 Å². The molecule has 0 atom stereocenters. The van der Waals surface area contributed by atoms with Crippen LogP contribution in [-0.4, -0.2) is 25.2 Å². The molecule has 0 aliphatic carbocycles. The van der Waals surface area contributed by atoms with E-state index >= 15 is 0 Å². The van der Waals surface area contributed by atoms with Crippen molar-refractivity contribution in [1.29, 1.82) is 0 Å². The number of ether oxygens (including phenoxy) is 2. The van der Waals surface area contributed by atoms with Crippen LogP contribution in [0, 0.1) is 0 Å². The van der Waals surface area contributed by atoms with Gasteiger partial charge in [0.15, 0.2) is 0 Å². The first-order valence-electron chi connectivity index (χ1n) is 6.32. The topological polar surface area (TPSA) is 64.6 Å². The van der Waals surface area contributed by atoms with Crippen LogP contribution in [0.15, 0.2) is 30.3 Å². The lowest BCUT2D eigenvalue weighted by Gasteiger charge is -2.07. The van der Waals surface area contributed by atoms with E-state index in [1.54, 1.807) is 0 Å². The summed E-state index contributed by atoms with van der Waals surface area (Å²) in [6.07, 6.45) is 1.15. The van der Waals surface area contributed by atoms with Crippen LogP contribution in [-0.2, 0) is 20.9 Å². The molecule has 0 radical (unpaired) electrons. The average Bonchev–Trinajstić information content (AvgIpc) is 2.44. The Kier molecular flexibility index (Phi) is 7.09. The second-order valence-electron chi connectivity index (χ2n) is 3.99. The molecule has 0 fully saturated rings. The molecule has 0 aliphatic rings. The SMILES string of the molecule is CCCCOC(=O)CNC(=O)OCc1ccccc1. The fourth-order valence-corrected chi connectivity index (χ4v) is 1.30. The molecule has 104 valence electrons. The maximum atomic E-state index is 11.3. The van der Waals surface area contributed by atoms with E-state index in [1.807, 2.05) is 37.3 Å². The van der Waals surface area contributed by atoms with Crippen molar-refractivity contribution < 1.29 is 19.1 Å². The summed E-state index contributed by atoms with van der Waals surface area (Å²) in [5, 5.41) is 2.34. The number of nitrogens with one attached hydrogen (secondary N) is 1. The van der Waals surface area contributed by atoms with Crippen LogP contribution in [0.5, 0.6) is 0 Å². The van der Waals surface area contributed by atoms with Gasteiger partial charge in [-0.3, -0.25) is 4.79 Å². The molecule has 1 amide bonds. The van der Waals surface area contributed by atoms with Crippen molar-refractivity contribution in [2.24, 2.45) is 0 Å². The quantitative estimate of drug-likeness (QED) is 0.606. The van der Waals surface area contributed by atoms with E-state index in [0.717, 1.165) is 18.4 Å². The fourth-order valence-electron chi connectivity index (χ4n) is 1.30. The van der Waals surface area contributed by atoms with Gasteiger partial charge in [0.2, 0.25) is 0 Å². The van der Waals surface area contributed by atoms with Gasteiger partial charge in [0.05, 0.1) is 6.61 Å². The van der Waals surface area contributed by atoms with E-state index < -0.39 is 12.1 Å². The summed E-state index contributed by atoms with van der Waals surface area (Å²) >= 11 is 0. The zero-order valence-corrected chi connectivity index (χ0v) is 11.1. The molecule has 1 N–H and O–H groups in total. The van der Waals surface area contributed by atoms with Gasteiger partial charge < -0.3 is 14.8 Å². The minimum Gasteiger partial charge on any atom is -0.464 e. The monoisotopic (exact) mass is 265 g/mol. The third-order valence-electron chi connectivity index (χ3n) is 2.35. The summed E-state index contributed by atoms with van der Waals surface area (Å²) in [4.78, 5) is 22.5. The lowest BCUT2D eigenvalue weighted by molar-refractivity contribution is -0.142. The van der Waals surface area contributed by atoms with Gasteiger partial charge in [-0.1, -0.05) is 43.7 Å². The second kappa shape index (κ2) is 8.97. The van der Waals surface area contributed by atoms with Crippen LogP contribution >= 0.6 is 0 Å². The molecule has 0 bridgehead atoms. The van der Waals surface area contributed by atoms with Gasteiger partial charge >= 0.3 is 12.1 Å². The molecule has 1 rings (SSSR count). The summed E-state index contributed by atoms with van der Waals surface area (Å²) in [6, 6.07) is 9.32. The number of benzene rings is 1. The van der Waals surface area contributed by atoms with Crippen molar-refractivity contribution in [3.05, 3.63) is 35.9 Å². The second-order valence-corrected chi connectivity index (χ2v) is 3.99. The Morgan fingerprint density at radius 3 is 2.58 bits per heavy atom. The molecule has 0 heterocycles. The lowest BCUT2D eigenvalue weighted by atomic mass is 10.2. The maximum absolute atomic E-state index is 11.3. The van der Waals surface area contributed by atoms with Crippen LogP contribution in [0.1, 0.15) is 25.3 Å². The fraction of sp³-hybridized carbons (Fsp3) is 0.429. The average molecular weight is 265 g/mol. The predicted octanol–water partition coefficient (Wildman–Crippen LogP) is 2.26. The molecule has 0 saturated heterocycles. The van der Waals surface area contributed by atoms with Crippen molar-refractivity contribution in [2.45, 2.75) is 26.4 Å². The molecule has 5 nitrogen and oxygen atoms in total. The largest absolute Gasteiger partial charge is 0.464 e. The normalized spacial score (nSPS) is 9.74. The number of amides is 1. The highest BCUT2D eigenvalue weighted by Crippen LogP contribution is 2.00. The number of carbonyl (C=O) groups is 2.